The number of esters is 1. The third-order valence-corrected chi connectivity index (χ3v) is 9.32. The molecule has 3 nitrogen and oxygen atoms in total. The van der Waals surface area contributed by atoms with Gasteiger partial charge in [-0.3, -0.25) is 9.59 Å². The predicted molar refractivity (Wildman–Crippen MR) is 121 cm³/mol. The molecule has 166 valence electrons. The van der Waals surface area contributed by atoms with Gasteiger partial charge in [-0.25, -0.2) is 0 Å². The maximum Gasteiger partial charge on any atom is 0.310 e. The number of allylic oxidation sites excluding steroid dienone is 1. The van der Waals surface area contributed by atoms with Crippen LogP contribution in [0.1, 0.15) is 64.9 Å². The Kier molecular flexibility index (Phi) is 5.35. The molecule has 3 unspecified atom stereocenters. The molecule has 0 radical (unpaired) electrons. The molecule has 1 aromatic carbocycles. The van der Waals surface area contributed by atoms with E-state index in [2.05, 4.69) is 20.8 Å². The summed E-state index contributed by atoms with van der Waals surface area (Å²) in [7, 11) is 0. The third-order valence-electron chi connectivity index (χ3n) is 9.32. The maximum absolute atomic E-state index is 12.8. The highest BCUT2D eigenvalue weighted by molar-refractivity contribution is 5.91. The van der Waals surface area contributed by atoms with Crippen LogP contribution >= 0.6 is 0 Å². The molecular formula is C28H36O3. The SMILES string of the molecule is CC1CC2=CC(=O)CC[C@@H]2[C@H]2C(C)C[C@]3(C)C(OC(=O)Cc4ccccc4)CC[C@H]3[C@H]12. The Balaban J connectivity index is 1.35. The molecule has 3 saturated carbocycles. The van der Waals surface area contributed by atoms with E-state index >= 15 is 0 Å². The summed E-state index contributed by atoms with van der Waals surface area (Å²) < 4.78 is 6.18. The lowest BCUT2D eigenvalue weighted by atomic mass is 9.47. The van der Waals surface area contributed by atoms with Gasteiger partial charge in [0, 0.05) is 11.8 Å². The average Bonchev–Trinajstić information content (AvgIpc) is 3.03. The molecular weight excluding hydrogens is 384 g/mol. The molecule has 0 spiro atoms. The normalized spacial score (nSPS) is 41.6. The van der Waals surface area contributed by atoms with Crippen LogP contribution < -0.4 is 0 Å². The van der Waals surface area contributed by atoms with Crippen LogP contribution in [0.15, 0.2) is 42.0 Å². The first-order chi connectivity index (χ1) is 14.9. The molecule has 0 heterocycles. The van der Waals surface area contributed by atoms with Crippen molar-refractivity contribution in [1.29, 1.82) is 0 Å². The quantitative estimate of drug-likeness (QED) is 0.583. The van der Waals surface area contributed by atoms with Gasteiger partial charge in [0.2, 0.25) is 0 Å². The Morgan fingerprint density at radius 3 is 2.61 bits per heavy atom. The van der Waals surface area contributed by atoms with Crippen LogP contribution in [-0.2, 0) is 20.7 Å². The molecule has 31 heavy (non-hydrogen) atoms. The number of ether oxygens (including phenoxy) is 1. The summed E-state index contributed by atoms with van der Waals surface area (Å²) in [4.78, 5) is 24.8. The minimum Gasteiger partial charge on any atom is -0.462 e. The van der Waals surface area contributed by atoms with Crippen LogP contribution in [0.25, 0.3) is 0 Å². The van der Waals surface area contributed by atoms with E-state index in [1.165, 1.54) is 12.0 Å². The number of carbonyl (C=O) groups excluding carboxylic acids is 2. The summed E-state index contributed by atoms with van der Waals surface area (Å²) in [5.74, 6) is 4.03. The molecule has 0 saturated heterocycles. The number of carbonyl (C=O) groups is 2. The van der Waals surface area contributed by atoms with Gasteiger partial charge in [-0.05, 0) is 79.3 Å². The molecule has 3 fully saturated rings. The molecule has 0 bridgehead atoms. The van der Waals surface area contributed by atoms with Gasteiger partial charge in [0.25, 0.3) is 0 Å². The number of rotatable bonds is 3. The lowest BCUT2D eigenvalue weighted by molar-refractivity contribution is -0.162. The van der Waals surface area contributed by atoms with E-state index in [1.807, 2.05) is 36.4 Å². The molecule has 0 N–H and O–H groups in total. The van der Waals surface area contributed by atoms with E-state index in [0.29, 0.717) is 47.7 Å². The highest BCUT2D eigenvalue weighted by Crippen LogP contribution is 2.65. The molecule has 1 aromatic rings. The summed E-state index contributed by atoms with van der Waals surface area (Å²) in [6, 6.07) is 9.93. The summed E-state index contributed by atoms with van der Waals surface area (Å²) in [6.07, 6.45) is 8.53. The minimum absolute atomic E-state index is 0.0363. The minimum atomic E-state index is -0.0828. The van der Waals surface area contributed by atoms with E-state index < -0.39 is 0 Å². The Morgan fingerprint density at radius 2 is 1.84 bits per heavy atom. The number of benzene rings is 1. The lowest BCUT2D eigenvalue weighted by Gasteiger charge is -2.58. The fraction of sp³-hybridized carbons (Fsp3) is 0.643. The summed E-state index contributed by atoms with van der Waals surface area (Å²) in [5, 5.41) is 0. The van der Waals surface area contributed by atoms with Crippen LogP contribution in [0.2, 0.25) is 0 Å². The molecule has 0 aliphatic heterocycles. The van der Waals surface area contributed by atoms with Crippen molar-refractivity contribution < 1.29 is 14.3 Å². The maximum atomic E-state index is 12.8. The molecule has 0 aromatic heterocycles. The third kappa shape index (κ3) is 3.58. The highest BCUT2D eigenvalue weighted by Gasteiger charge is 2.60. The number of fused-ring (bicyclic) bond motifs is 5. The first-order valence-corrected chi connectivity index (χ1v) is 12.3. The van der Waals surface area contributed by atoms with E-state index in [0.717, 1.165) is 37.7 Å². The van der Waals surface area contributed by atoms with Gasteiger partial charge in [-0.1, -0.05) is 56.7 Å². The van der Waals surface area contributed by atoms with Crippen molar-refractivity contribution in [2.24, 2.45) is 40.9 Å². The van der Waals surface area contributed by atoms with Crippen LogP contribution in [-0.4, -0.2) is 17.9 Å². The zero-order valence-corrected chi connectivity index (χ0v) is 19.2. The van der Waals surface area contributed by atoms with Crippen LogP contribution in [0.3, 0.4) is 0 Å². The van der Waals surface area contributed by atoms with E-state index in [4.69, 9.17) is 4.74 Å². The Hall–Kier alpha value is -1.90. The second kappa shape index (κ2) is 7.90. The van der Waals surface area contributed by atoms with Crippen LogP contribution in [0, 0.1) is 40.9 Å². The van der Waals surface area contributed by atoms with Gasteiger partial charge in [0.05, 0.1) is 6.42 Å². The molecule has 4 aliphatic rings. The standard InChI is InChI=1S/C28H36O3/c1-17-13-20-15-21(29)9-10-22(20)26-18(2)16-28(3)23(27(17)26)11-12-24(28)31-25(30)14-19-7-5-4-6-8-19/h4-8,15,17-18,22-24,26-27H,9-14,16H2,1-3H3/t17?,18?,22-,23-,24?,26+,27-,28-/m0/s1. The monoisotopic (exact) mass is 420 g/mol. The van der Waals surface area contributed by atoms with E-state index in [9.17, 15) is 9.59 Å². The molecule has 0 amide bonds. The fourth-order valence-corrected chi connectivity index (χ4v) is 8.25. The van der Waals surface area contributed by atoms with Gasteiger partial charge in [-0.15, -0.1) is 0 Å². The van der Waals surface area contributed by atoms with Crippen molar-refractivity contribution in [3.63, 3.8) is 0 Å². The summed E-state index contributed by atoms with van der Waals surface area (Å²) in [6.45, 7) is 7.23. The van der Waals surface area contributed by atoms with E-state index in [1.54, 1.807) is 0 Å². The number of hydrogen-bond donors (Lipinski definition) is 0. The van der Waals surface area contributed by atoms with Crippen molar-refractivity contribution in [2.75, 3.05) is 0 Å². The molecule has 8 atom stereocenters. The van der Waals surface area contributed by atoms with Gasteiger partial charge in [0.15, 0.2) is 5.78 Å². The van der Waals surface area contributed by atoms with Gasteiger partial charge < -0.3 is 4.74 Å². The smallest absolute Gasteiger partial charge is 0.310 e. The van der Waals surface area contributed by atoms with Crippen molar-refractivity contribution in [1.82, 2.24) is 0 Å². The van der Waals surface area contributed by atoms with Crippen LogP contribution in [0.5, 0.6) is 0 Å². The Labute approximate surface area is 186 Å². The zero-order valence-electron chi connectivity index (χ0n) is 19.2. The van der Waals surface area contributed by atoms with Crippen molar-refractivity contribution in [3.05, 3.63) is 47.5 Å². The first kappa shape index (κ1) is 21.0. The van der Waals surface area contributed by atoms with E-state index in [-0.39, 0.29) is 17.5 Å². The number of ketones is 1. The van der Waals surface area contributed by atoms with Crippen LogP contribution in [0.4, 0.5) is 0 Å². The predicted octanol–water partition coefficient (Wildman–Crippen LogP) is 5.77. The van der Waals surface area contributed by atoms with Gasteiger partial charge in [0.1, 0.15) is 6.10 Å². The molecule has 4 aliphatic carbocycles. The Bertz CT molecular complexity index is 887. The lowest BCUT2D eigenvalue weighted by Crippen LogP contribution is -2.54. The van der Waals surface area contributed by atoms with Crippen molar-refractivity contribution >= 4 is 11.8 Å². The second-order valence-corrected chi connectivity index (χ2v) is 11.2. The second-order valence-electron chi connectivity index (χ2n) is 11.2. The van der Waals surface area contributed by atoms with Crippen molar-refractivity contribution in [2.45, 2.75) is 71.8 Å². The first-order valence-electron chi connectivity index (χ1n) is 12.3. The largest absolute Gasteiger partial charge is 0.462 e. The number of hydrogen-bond acceptors (Lipinski definition) is 3. The highest BCUT2D eigenvalue weighted by atomic mass is 16.5. The van der Waals surface area contributed by atoms with Gasteiger partial charge in [-0.2, -0.15) is 0 Å². The fourth-order valence-electron chi connectivity index (χ4n) is 8.25. The molecule has 3 heteroatoms. The summed E-state index contributed by atoms with van der Waals surface area (Å²) >= 11 is 0. The summed E-state index contributed by atoms with van der Waals surface area (Å²) in [5.41, 5.74) is 2.54. The Morgan fingerprint density at radius 1 is 1.06 bits per heavy atom. The average molecular weight is 421 g/mol. The van der Waals surface area contributed by atoms with Crippen molar-refractivity contribution in [3.8, 4) is 0 Å². The topological polar surface area (TPSA) is 43.4 Å². The van der Waals surface area contributed by atoms with Gasteiger partial charge >= 0.3 is 5.97 Å². The zero-order chi connectivity index (χ0) is 21.8. The molecule has 5 rings (SSSR count).